The van der Waals surface area contributed by atoms with E-state index >= 15 is 0 Å². The van der Waals surface area contributed by atoms with E-state index < -0.39 is 0 Å². The molecule has 0 bridgehead atoms. The Morgan fingerprint density at radius 2 is 1.91 bits per heavy atom. The maximum Gasteiger partial charge on any atom is 0.319 e. The summed E-state index contributed by atoms with van der Waals surface area (Å²) in [6, 6.07) is 0. The molecule has 0 aliphatic heterocycles. The van der Waals surface area contributed by atoms with Gasteiger partial charge in [0, 0.05) is 12.8 Å². The molecule has 0 aromatic carbocycles. The number of rotatable bonds is 3. The standard InChI is InChI=1S/C8H16BNO/c1-6(8(3)10)7(2)9(4)11-5/h3,10H2,1-2,4-5H3/b7-6+. The Hall–Kier alpha value is -0.695. The predicted molar refractivity (Wildman–Crippen MR) is 50.3 cm³/mol. The first kappa shape index (κ1) is 10.3. The zero-order valence-electron chi connectivity index (χ0n) is 7.77. The van der Waals surface area contributed by atoms with Crippen LogP contribution >= 0.6 is 0 Å². The van der Waals surface area contributed by atoms with Crippen LogP contribution in [0.2, 0.25) is 6.82 Å². The number of nitrogens with two attached hydrogens (primary N) is 1. The summed E-state index contributed by atoms with van der Waals surface area (Å²) >= 11 is 0. The van der Waals surface area contributed by atoms with Gasteiger partial charge in [-0.25, -0.2) is 0 Å². The molecule has 0 aromatic heterocycles. The Labute approximate surface area is 69.2 Å². The van der Waals surface area contributed by atoms with Crippen molar-refractivity contribution in [3.05, 3.63) is 23.3 Å². The molecule has 0 rings (SSSR count). The molecule has 0 aromatic rings. The van der Waals surface area contributed by atoms with Crippen molar-refractivity contribution in [2.45, 2.75) is 20.7 Å². The van der Waals surface area contributed by atoms with Crippen LogP contribution in [0.4, 0.5) is 0 Å². The summed E-state index contributed by atoms with van der Waals surface area (Å²) in [6.07, 6.45) is 0. The van der Waals surface area contributed by atoms with Crippen molar-refractivity contribution < 1.29 is 4.65 Å². The molecule has 2 nitrogen and oxygen atoms in total. The van der Waals surface area contributed by atoms with Crippen molar-refractivity contribution >= 4 is 6.92 Å². The normalized spacial score (nSPS) is 12.4. The molecule has 0 spiro atoms. The first-order valence-corrected chi connectivity index (χ1v) is 3.65. The maximum atomic E-state index is 5.52. The summed E-state index contributed by atoms with van der Waals surface area (Å²) in [7, 11) is 1.68. The summed E-state index contributed by atoms with van der Waals surface area (Å²) < 4.78 is 5.13. The molecule has 0 atom stereocenters. The van der Waals surface area contributed by atoms with E-state index in [9.17, 15) is 0 Å². The fraction of sp³-hybridized carbons (Fsp3) is 0.500. The van der Waals surface area contributed by atoms with Crippen LogP contribution in [0.25, 0.3) is 0 Å². The van der Waals surface area contributed by atoms with Gasteiger partial charge in [-0.2, -0.15) is 0 Å². The summed E-state index contributed by atoms with van der Waals surface area (Å²) in [4.78, 5) is 0. The Balaban J connectivity index is 4.51. The van der Waals surface area contributed by atoms with Crippen LogP contribution in [0.5, 0.6) is 0 Å². The van der Waals surface area contributed by atoms with Gasteiger partial charge in [-0.1, -0.05) is 18.9 Å². The lowest BCUT2D eigenvalue weighted by Crippen LogP contribution is -2.15. The van der Waals surface area contributed by atoms with Crippen molar-refractivity contribution in [3.63, 3.8) is 0 Å². The Kier molecular flexibility index (Phi) is 3.97. The van der Waals surface area contributed by atoms with Gasteiger partial charge in [0.15, 0.2) is 0 Å². The third-order valence-corrected chi connectivity index (χ3v) is 2.04. The Morgan fingerprint density at radius 3 is 2.18 bits per heavy atom. The molecule has 0 heterocycles. The molecule has 0 aliphatic carbocycles. The molecule has 3 heteroatoms. The maximum absolute atomic E-state index is 5.52. The molecular weight excluding hydrogens is 137 g/mol. The lowest BCUT2D eigenvalue weighted by atomic mass is 9.62. The SMILES string of the molecule is C=C(N)/C(C)=C(\C)B(C)OC. The molecule has 0 saturated heterocycles. The molecule has 0 amide bonds. The van der Waals surface area contributed by atoms with Gasteiger partial charge in [0.1, 0.15) is 0 Å². The van der Waals surface area contributed by atoms with Gasteiger partial charge in [-0.15, -0.1) is 0 Å². The second-order valence-electron chi connectivity index (χ2n) is 2.71. The minimum atomic E-state index is 0.121. The molecule has 0 fully saturated rings. The van der Waals surface area contributed by atoms with Crippen LogP contribution in [-0.2, 0) is 4.65 Å². The summed E-state index contributed by atoms with van der Waals surface area (Å²) in [6.45, 7) is 9.72. The van der Waals surface area contributed by atoms with Crippen LogP contribution in [0.15, 0.2) is 23.3 Å². The molecular formula is C8H16BNO. The van der Waals surface area contributed by atoms with Gasteiger partial charge < -0.3 is 10.4 Å². The zero-order valence-corrected chi connectivity index (χ0v) is 7.77. The van der Waals surface area contributed by atoms with Crippen molar-refractivity contribution in [1.82, 2.24) is 0 Å². The van der Waals surface area contributed by atoms with Crippen LogP contribution in [0.1, 0.15) is 13.8 Å². The number of hydrogen-bond acceptors (Lipinski definition) is 2. The highest BCUT2D eigenvalue weighted by atomic mass is 16.4. The van der Waals surface area contributed by atoms with E-state index in [4.69, 9.17) is 10.4 Å². The lowest BCUT2D eigenvalue weighted by Gasteiger charge is -2.10. The van der Waals surface area contributed by atoms with Crippen LogP contribution in [0.3, 0.4) is 0 Å². The fourth-order valence-electron chi connectivity index (χ4n) is 0.735. The second kappa shape index (κ2) is 4.24. The van der Waals surface area contributed by atoms with E-state index in [1.54, 1.807) is 7.11 Å². The average molecular weight is 153 g/mol. The fourth-order valence-corrected chi connectivity index (χ4v) is 0.735. The summed E-state index contributed by atoms with van der Waals surface area (Å²) in [5.74, 6) is 0. The van der Waals surface area contributed by atoms with Gasteiger partial charge in [0.05, 0.1) is 0 Å². The highest BCUT2D eigenvalue weighted by Crippen LogP contribution is 2.11. The second-order valence-corrected chi connectivity index (χ2v) is 2.71. The topological polar surface area (TPSA) is 35.2 Å². The van der Waals surface area contributed by atoms with Crippen LogP contribution in [0, 0.1) is 0 Å². The van der Waals surface area contributed by atoms with E-state index in [0.29, 0.717) is 5.70 Å². The highest BCUT2D eigenvalue weighted by Gasteiger charge is 2.11. The minimum absolute atomic E-state index is 0.121. The number of allylic oxidation sites excluding steroid dienone is 2. The smallest absolute Gasteiger partial charge is 0.319 e. The highest BCUT2D eigenvalue weighted by molar-refractivity contribution is 6.58. The molecule has 0 aliphatic rings. The van der Waals surface area contributed by atoms with Gasteiger partial charge in [0.25, 0.3) is 0 Å². The first-order valence-electron chi connectivity index (χ1n) is 3.65. The summed E-state index contributed by atoms with van der Waals surface area (Å²) in [5, 5.41) is 0. The Bertz CT molecular complexity index is 187. The molecule has 0 radical (unpaired) electrons. The predicted octanol–water partition coefficient (Wildman–Crippen LogP) is 1.60. The van der Waals surface area contributed by atoms with Gasteiger partial charge in [0.2, 0.25) is 0 Å². The van der Waals surface area contributed by atoms with Crippen molar-refractivity contribution in [1.29, 1.82) is 0 Å². The minimum Gasteiger partial charge on any atom is -0.434 e. The van der Waals surface area contributed by atoms with E-state index in [1.165, 1.54) is 0 Å². The van der Waals surface area contributed by atoms with Crippen molar-refractivity contribution in [3.8, 4) is 0 Å². The monoisotopic (exact) mass is 153 g/mol. The summed E-state index contributed by atoms with van der Waals surface area (Å²) in [5.41, 5.74) is 8.30. The zero-order chi connectivity index (χ0) is 9.02. The van der Waals surface area contributed by atoms with E-state index in [2.05, 4.69) is 6.58 Å². The van der Waals surface area contributed by atoms with Crippen LogP contribution < -0.4 is 5.73 Å². The van der Waals surface area contributed by atoms with E-state index in [0.717, 1.165) is 11.0 Å². The van der Waals surface area contributed by atoms with Crippen molar-refractivity contribution in [2.24, 2.45) is 5.73 Å². The molecule has 0 unspecified atom stereocenters. The van der Waals surface area contributed by atoms with Gasteiger partial charge in [-0.3, -0.25) is 0 Å². The van der Waals surface area contributed by atoms with Gasteiger partial charge in [-0.05, 0) is 19.4 Å². The third-order valence-electron chi connectivity index (χ3n) is 2.04. The molecule has 0 saturated carbocycles. The van der Waals surface area contributed by atoms with Gasteiger partial charge >= 0.3 is 6.92 Å². The average Bonchev–Trinajstić information content (AvgIpc) is 2.00. The van der Waals surface area contributed by atoms with E-state index in [-0.39, 0.29) is 6.92 Å². The first-order chi connectivity index (χ1) is 5.00. The molecule has 62 valence electrons. The lowest BCUT2D eigenvalue weighted by molar-refractivity contribution is 0.431. The third kappa shape index (κ3) is 2.80. The van der Waals surface area contributed by atoms with Crippen molar-refractivity contribution in [2.75, 3.05) is 7.11 Å². The van der Waals surface area contributed by atoms with Crippen LogP contribution in [-0.4, -0.2) is 14.0 Å². The largest absolute Gasteiger partial charge is 0.434 e. The molecule has 2 N–H and O–H groups in total. The van der Waals surface area contributed by atoms with E-state index in [1.807, 2.05) is 20.7 Å². The number of hydrogen-bond donors (Lipinski definition) is 1. The molecule has 11 heavy (non-hydrogen) atoms. The quantitative estimate of drug-likeness (QED) is 0.493. The Morgan fingerprint density at radius 1 is 1.45 bits per heavy atom.